The summed E-state index contributed by atoms with van der Waals surface area (Å²) in [5.41, 5.74) is 0.812. The Bertz CT molecular complexity index is 838. The molecule has 2 rings (SSSR count). The molecule has 1 amide bonds. The van der Waals surface area contributed by atoms with Crippen molar-refractivity contribution in [1.82, 2.24) is 9.97 Å². The minimum Gasteiger partial charge on any atom is -0.301 e. The van der Waals surface area contributed by atoms with Crippen molar-refractivity contribution < 1.29 is 13.2 Å². The van der Waals surface area contributed by atoms with Gasteiger partial charge in [0.2, 0.25) is 5.91 Å². The first-order valence-corrected chi connectivity index (χ1v) is 11.1. The van der Waals surface area contributed by atoms with E-state index in [9.17, 15) is 13.2 Å². The SMILES string of the molecule is CCC(CS(C)(=O)=O)C(=O)N(CC)c1sc(-c2cccnc2)nc1Cl. The largest absolute Gasteiger partial charge is 0.301 e. The van der Waals surface area contributed by atoms with Crippen molar-refractivity contribution >= 4 is 43.7 Å². The molecule has 0 aromatic carbocycles. The van der Waals surface area contributed by atoms with Gasteiger partial charge in [-0.25, -0.2) is 13.4 Å². The lowest BCUT2D eigenvalue weighted by Gasteiger charge is -2.24. The van der Waals surface area contributed by atoms with E-state index in [1.165, 1.54) is 16.2 Å². The zero-order chi connectivity index (χ0) is 18.6. The summed E-state index contributed by atoms with van der Waals surface area (Å²) in [7, 11) is -3.25. The van der Waals surface area contributed by atoms with Gasteiger partial charge >= 0.3 is 0 Å². The van der Waals surface area contributed by atoms with Crippen molar-refractivity contribution in [3.8, 4) is 10.6 Å². The quantitative estimate of drug-likeness (QED) is 0.711. The van der Waals surface area contributed by atoms with E-state index < -0.39 is 15.8 Å². The summed E-state index contributed by atoms with van der Waals surface area (Å²) in [4.78, 5) is 22.7. The maximum atomic E-state index is 12.9. The van der Waals surface area contributed by atoms with Gasteiger partial charge in [0.1, 0.15) is 19.8 Å². The molecule has 0 N–H and O–H groups in total. The normalized spacial score (nSPS) is 12.8. The number of pyridine rings is 1. The molecule has 0 bridgehead atoms. The molecule has 25 heavy (non-hydrogen) atoms. The van der Waals surface area contributed by atoms with Crippen molar-refractivity contribution in [1.29, 1.82) is 0 Å². The van der Waals surface area contributed by atoms with Crippen LogP contribution in [0, 0.1) is 5.92 Å². The zero-order valence-corrected chi connectivity index (χ0v) is 16.7. The molecule has 1 atom stereocenters. The van der Waals surface area contributed by atoms with Gasteiger partial charge in [-0.15, -0.1) is 0 Å². The van der Waals surface area contributed by atoms with Gasteiger partial charge in [0.25, 0.3) is 0 Å². The Morgan fingerprint density at radius 2 is 2.12 bits per heavy atom. The number of amides is 1. The molecular formula is C16H20ClN3O3S2. The topological polar surface area (TPSA) is 80.2 Å². The van der Waals surface area contributed by atoms with Crippen LogP contribution in [0.5, 0.6) is 0 Å². The smallest absolute Gasteiger partial charge is 0.231 e. The number of halogens is 1. The molecule has 0 saturated carbocycles. The number of nitrogens with zero attached hydrogens (tertiary/aromatic N) is 3. The molecule has 6 nitrogen and oxygen atoms in total. The first kappa shape index (κ1) is 19.8. The number of thiazole rings is 1. The molecule has 0 aliphatic rings. The van der Waals surface area contributed by atoms with Gasteiger partial charge in [-0.2, -0.15) is 0 Å². The fraction of sp³-hybridized carbons (Fsp3) is 0.438. The number of hydrogen-bond donors (Lipinski definition) is 0. The first-order chi connectivity index (χ1) is 11.8. The minimum absolute atomic E-state index is 0.176. The Kier molecular flexibility index (Phi) is 6.53. The molecule has 0 fully saturated rings. The third-order valence-electron chi connectivity index (χ3n) is 3.65. The van der Waals surface area contributed by atoms with E-state index in [1.54, 1.807) is 25.4 Å². The van der Waals surface area contributed by atoms with Crippen LogP contribution in [0.3, 0.4) is 0 Å². The molecule has 2 heterocycles. The first-order valence-electron chi connectivity index (χ1n) is 7.82. The highest BCUT2D eigenvalue weighted by Gasteiger charge is 2.29. The summed E-state index contributed by atoms with van der Waals surface area (Å²) in [6.07, 6.45) is 4.92. The standard InChI is InChI=1S/C16H20ClN3O3S2/c1-4-11(10-25(3,22)23)15(21)20(5-2)16-13(17)19-14(24-16)12-7-6-8-18-9-12/h6-9,11H,4-5,10H2,1-3H3. The fourth-order valence-electron chi connectivity index (χ4n) is 2.42. The molecule has 1 unspecified atom stereocenters. The number of anilines is 1. The second-order valence-electron chi connectivity index (χ2n) is 5.64. The maximum absolute atomic E-state index is 12.9. The summed E-state index contributed by atoms with van der Waals surface area (Å²) in [5, 5.41) is 1.42. The van der Waals surface area contributed by atoms with Gasteiger partial charge in [0.15, 0.2) is 5.15 Å². The van der Waals surface area contributed by atoms with E-state index in [-0.39, 0.29) is 16.8 Å². The minimum atomic E-state index is -3.25. The fourth-order valence-corrected chi connectivity index (χ4v) is 4.90. The van der Waals surface area contributed by atoms with E-state index in [2.05, 4.69) is 9.97 Å². The van der Waals surface area contributed by atoms with Crippen molar-refractivity contribution in [3.05, 3.63) is 29.7 Å². The van der Waals surface area contributed by atoms with E-state index >= 15 is 0 Å². The number of hydrogen-bond acceptors (Lipinski definition) is 6. The Balaban J connectivity index is 2.34. The highest BCUT2D eigenvalue weighted by Crippen LogP contribution is 2.38. The maximum Gasteiger partial charge on any atom is 0.231 e. The number of aromatic nitrogens is 2. The summed E-state index contributed by atoms with van der Waals surface area (Å²) in [6, 6.07) is 3.66. The van der Waals surface area contributed by atoms with Crippen LogP contribution in [0.25, 0.3) is 10.6 Å². The van der Waals surface area contributed by atoms with Crippen molar-refractivity contribution in [2.45, 2.75) is 20.3 Å². The van der Waals surface area contributed by atoms with Gasteiger partial charge in [0.05, 0.1) is 11.7 Å². The van der Waals surface area contributed by atoms with Crippen LogP contribution in [0.2, 0.25) is 5.15 Å². The predicted octanol–water partition coefficient (Wildman–Crippen LogP) is 3.28. The van der Waals surface area contributed by atoms with Crippen LogP contribution >= 0.6 is 22.9 Å². The molecule has 9 heteroatoms. The van der Waals surface area contributed by atoms with Gasteiger partial charge < -0.3 is 4.90 Å². The zero-order valence-electron chi connectivity index (χ0n) is 14.3. The molecule has 2 aromatic heterocycles. The second-order valence-corrected chi connectivity index (χ2v) is 9.16. The Morgan fingerprint density at radius 1 is 1.40 bits per heavy atom. The van der Waals surface area contributed by atoms with Gasteiger partial charge in [-0.05, 0) is 25.5 Å². The molecule has 0 saturated heterocycles. The van der Waals surface area contributed by atoms with E-state index in [4.69, 9.17) is 11.6 Å². The van der Waals surface area contributed by atoms with Crippen LogP contribution in [0.15, 0.2) is 24.5 Å². The second kappa shape index (κ2) is 8.25. The van der Waals surface area contributed by atoms with Crippen molar-refractivity contribution in [2.24, 2.45) is 5.92 Å². The number of rotatable bonds is 7. The summed E-state index contributed by atoms with van der Waals surface area (Å²) in [6.45, 7) is 4.01. The Morgan fingerprint density at radius 3 is 2.64 bits per heavy atom. The predicted molar refractivity (Wildman–Crippen MR) is 102 cm³/mol. The summed E-state index contributed by atoms with van der Waals surface area (Å²) >= 11 is 7.55. The lowest BCUT2D eigenvalue weighted by atomic mass is 10.1. The average molecular weight is 402 g/mol. The highest BCUT2D eigenvalue weighted by molar-refractivity contribution is 7.90. The van der Waals surface area contributed by atoms with Crippen LogP contribution in [0.1, 0.15) is 20.3 Å². The number of carbonyl (C=O) groups excluding carboxylic acids is 1. The van der Waals surface area contributed by atoms with Crippen molar-refractivity contribution in [3.63, 3.8) is 0 Å². The highest BCUT2D eigenvalue weighted by atomic mass is 35.5. The number of carbonyl (C=O) groups is 1. The molecule has 2 aromatic rings. The van der Waals surface area contributed by atoms with Crippen LogP contribution < -0.4 is 4.90 Å². The third-order valence-corrected chi connectivity index (χ3v) is 6.16. The molecule has 0 radical (unpaired) electrons. The van der Waals surface area contributed by atoms with Gasteiger partial charge in [0, 0.05) is 30.8 Å². The molecule has 0 aliphatic heterocycles. The summed E-state index contributed by atoms with van der Waals surface area (Å²) in [5.74, 6) is -1.03. The molecular weight excluding hydrogens is 382 g/mol. The Labute approximate surface area is 156 Å². The molecule has 0 aliphatic carbocycles. The Hall–Kier alpha value is -1.51. The van der Waals surface area contributed by atoms with E-state index in [0.717, 1.165) is 11.8 Å². The van der Waals surface area contributed by atoms with E-state index in [1.807, 2.05) is 13.0 Å². The van der Waals surface area contributed by atoms with Gasteiger partial charge in [-0.1, -0.05) is 29.9 Å². The van der Waals surface area contributed by atoms with Crippen molar-refractivity contribution in [2.75, 3.05) is 23.5 Å². The molecule has 0 spiro atoms. The lowest BCUT2D eigenvalue weighted by Crippen LogP contribution is -2.38. The van der Waals surface area contributed by atoms with Gasteiger partial charge in [-0.3, -0.25) is 9.78 Å². The average Bonchev–Trinajstić information content (AvgIpc) is 2.95. The van der Waals surface area contributed by atoms with Crippen LogP contribution in [0.4, 0.5) is 5.00 Å². The lowest BCUT2D eigenvalue weighted by molar-refractivity contribution is -0.121. The molecule has 136 valence electrons. The number of sulfone groups is 1. The van der Waals surface area contributed by atoms with E-state index in [0.29, 0.717) is 23.0 Å². The van der Waals surface area contributed by atoms with Crippen LogP contribution in [-0.4, -0.2) is 42.8 Å². The third kappa shape index (κ3) is 4.99. The summed E-state index contributed by atoms with van der Waals surface area (Å²) < 4.78 is 23.2. The van der Waals surface area contributed by atoms with Crippen LogP contribution in [-0.2, 0) is 14.6 Å². The monoisotopic (exact) mass is 401 g/mol.